The van der Waals surface area contributed by atoms with Crippen LogP contribution in [-0.4, -0.2) is 14.3 Å². The highest BCUT2D eigenvalue weighted by Crippen LogP contribution is 2.37. The lowest BCUT2D eigenvalue weighted by Crippen LogP contribution is -2.16. The highest BCUT2D eigenvalue weighted by molar-refractivity contribution is 7.89. The molecule has 8 heteroatoms. The van der Waals surface area contributed by atoms with E-state index in [-0.39, 0.29) is 32.1 Å². The SMILES string of the molecule is Cc1c(S(N)(=O)=O)cc(Cl)c(NC(=O)CCC(C)C)c1Cl. The summed E-state index contributed by atoms with van der Waals surface area (Å²) in [5.74, 6) is 0.170. The van der Waals surface area contributed by atoms with Crippen LogP contribution in [0.5, 0.6) is 0 Å². The second-order valence-corrected chi connectivity index (χ2v) is 7.51. The fraction of sp³-hybridized carbons (Fsp3) is 0.462. The van der Waals surface area contributed by atoms with Gasteiger partial charge in [0.05, 0.1) is 20.6 Å². The fourth-order valence-corrected chi connectivity index (χ4v) is 3.21. The number of hydrogen-bond acceptors (Lipinski definition) is 3. The molecule has 1 amide bonds. The zero-order valence-corrected chi connectivity index (χ0v) is 14.4. The Morgan fingerprint density at radius 3 is 2.43 bits per heavy atom. The van der Waals surface area contributed by atoms with Crippen LogP contribution in [0, 0.1) is 12.8 Å². The molecule has 0 aliphatic rings. The molecule has 1 rings (SSSR count). The zero-order valence-electron chi connectivity index (χ0n) is 12.0. The third-order valence-electron chi connectivity index (χ3n) is 2.93. The highest BCUT2D eigenvalue weighted by atomic mass is 35.5. The Kier molecular flexibility index (Phi) is 6.04. The number of halogens is 2. The zero-order chi connectivity index (χ0) is 16.4. The molecule has 0 atom stereocenters. The Morgan fingerprint density at radius 1 is 1.38 bits per heavy atom. The number of carbonyl (C=O) groups is 1. The molecule has 0 heterocycles. The molecule has 0 aromatic heterocycles. The van der Waals surface area contributed by atoms with Gasteiger partial charge in [0.25, 0.3) is 0 Å². The van der Waals surface area contributed by atoms with Crippen molar-refractivity contribution in [3.63, 3.8) is 0 Å². The van der Waals surface area contributed by atoms with Crippen molar-refractivity contribution in [2.45, 2.75) is 38.5 Å². The topological polar surface area (TPSA) is 89.3 Å². The van der Waals surface area contributed by atoms with E-state index in [1.54, 1.807) is 0 Å². The first-order chi connectivity index (χ1) is 9.54. The molecule has 0 unspecified atom stereocenters. The summed E-state index contributed by atoms with van der Waals surface area (Å²) >= 11 is 12.1. The maximum Gasteiger partial charge on any atom is 0.238 e. The normalized spacial score (nSPS) is 11.8. The van der Waals surface area contributed by atoms with Crippen molar-refractivity contribution in [2.75, 3.05) is 5.32 Å². The number of benzene rings is 1. The van der Waals surface area contributed by atoms with E-state index in [9.17, 15) is 13.2 Å². The van der Waals surface area contributed by atoms with E-state index in [4.69, 9.17) is 28.3 Å². The van der Waals surface area contributed by atoms with Gasteiger partial charge in [-0.2, -0.15) is 0 Å². The number of amides is 1. The number of rotatable bonds is 5. The van der Waals surface area contributed by atoms with E-state index in [1.165, 1.54) is 13.0 Å². The Hall–Kier alpha value is -0.820. The molecule has 0 saturated carbocycles. The molecule has 0 bridgehead atoms. The Bertz CT molecular complexity index is 658. The van der Waals surface area contributed by atoms with Gasteiger partial charge in [0.2, 0.25) is 15.9 Å². The van der Waals surface area contributed by atoms with Crippen LogP contribution in [0.3, 0.4) is 0 Å². The van der Waals surface area contributed by atoms with Crippen molar-refractivity contribution in [3.8, 4) is 0 Å². The molecule has 1 aromatic carbocycles. The molecular formula is C13H18Cl2N2O3S. The molecule has 0 aliphatic heterocycles. The predicted molar refractivity (Wildman–Crippen MR) is 85.3 cm³/mol. The van der Waals surface area contributed by atoms with Crippen LogP contribution in [0.25, 0.3) is 0 Å². The van der Waals surface area contributed by atoms with Gasteiger partial charge in [-0.1, -0.05) is 37.0 Å². The Labute approximate surface area is 134 Å². The number of anilines is 1. The number of nitrogens with one attached hydrogen (secondary N) is 1. The van der Waals surface area contributed by atoms with E-state index < -0.39 is 10.0 Å². The van der Waals surface area contributed by atoms with Crippen LogP contribution in [0.2, 0.25) is 10.0 Å². The minimum Gasteiger partial charge on any atom is -0.324 e. The number of hydrogen-bond donors (Lipinski definition) is 2. The molecule has 0 saturated heterocycles. The van der Waals surface area contributed by atoms with Crippen molar-refractivity contribution in [2.24, 2.45) is 11.1 Å². The van der Waals surface area contributed by atoms with Gasteiger partial charge in [0.1, 0.15) is 0 Å². The lowest BCUT2D eigenvalue weighted by molar-refractivity contribution is -0.116. The molecule has 3 N–H and O–H groups in total. The van der Waals surface area contributed by atoms with Crippen molar-refractivity contribution >= 4 is 44.8 Å². The molecule has 5 nitrogen and oxygen atoms in total. The number of carbonyl (C=O) groups excluding carboxylic acids is 1. The number of primary sulfonamides is 1. The van der Waals surface area contributed by atoms with E-state index in [0.717, 1.165) is 6.42 Å². The summed E-state index contributed by atoms with van der Waals surface area (Å²) in [6.45, 7) is 5.53. The van der Waals surface area contributed by atoms with Gasteiger partial charge in [-0.15, -0.1) is 0 Å². The number of nitrogens with two attached hydrogens (primary N) is 1. The molecule has 118 valence electrons. The molecule has 0 radical (unpaired) electrons. The lowest BCUT2D eigenvalue weighted by Gasteiger charge is -2.14. The largest absolute Gasteiger partial charge is 0.324 e. The van der Waals surface area contributed by atoms with Crippen LogP contribution in [0.1, 0.15) is 32.3 Å². The molecule has 0 spiro atoms. The smallest absolute Gasteiger partial charge is 0.238 e. The quantitative estimate of drug-likeness (QED) is 0.851. The van der Waals surface area contributed by atoms with Crippen LogP contribution in [-0.2, 0) is 14.8 Å². The summed E-state index contributed by atoms with van der Waals surface area (Å²) in [5, 5.41) is 7.82. The molecule has 1 aromatic rings. The second-order valence-electron chi connectivity index (χ2n) is 5.20. The van der Waals surface area contributed by atoms with Crippen molar-refractivity contribution in [1.29, 1.82) is 0 Å². The second kappa shape index (κ2) is 6.96. The monoisotopic (exact) mass is 352 g/mol. The van der Waals surface area contributed by atoms with Gasteiger partial charge in [-0.3, -0.25) is 4.79 Å². The maximum atomic E-state index is 11.8. The van der Waals surface area contributed by atoms with Crippen LogP contribution in [0.4, 0.5) is 5.69 Å². The fourth-order valence-electron chi connectivity index (χ4n) is 1.73. The third-order valence-corrected chi connectivity index (χ3v) is 4.74. The first-order valence-electron chi connectivity index (χ1n) is 6.35. The van der Waals surface area contributed by atoms with Gasteiger partial charge in [-0.25, -0.2) is 13.6 Å². The Balaban J connectivity index is 3.11. The minimum atomic E-state index is -3.93. The summed E-state index contributed by atoms with van der Waals surface area (Å²) < 4.78 is 22.9. The van der Waals surface area contributed by atoms with Crippen molar-refractivity contribution in [1.82, 2.24) is 0 Å². The minimum absolute atomic E-state index is 0.0347. The summed E-state index contributed by atoms with van der Waals surface area (Å²) in [7, 11) is -3.93. The number of sulfonamides is 1. The average molecular weight is 353 g/mol. The predicted octanol–water partition coefficient (Wildman–Crippen LogP) is 3.32. The summed E-state index contributed by atoms with van der Waals surface area (Å²) in [4.78, 5) is 11.7. The lowest BCUT2D eigenvalue weighted by atomic mass is 10.1. The first-order valence-corrected chi connectivity index (χ1v) is 8.65. The van der Waals surface area contributed by atoms with Crippen molar-refractivity contribution in [3.05, 3.63) is 21.7 Å². The summed E-state index contributed by atoms with van der Waals surface area (Å²) in [6.07, 6.45) is 1.07. The van der Waals surface area contributed by atoms with Gasteiger partial charge in [0.15, 0.2) is 0 Å². The van der Waals surface area contributed by atoms with Gasteiger partial charge >= 0.3 is 0 Å². The maximum absolute atomic E-state index is 11.8. The highest BCUT2D eigenvalue weighted by Gasteiger charge is 2.20. The van der Waals surface area contributed by atoms with Crippen LogP contribution in [0.15, 0.2) is 11.0 Å². The van der Waals surface area contributed by atoms with Crippen LogP contribution >= 0.6 is 23.2 Å². The van der Waals surface area contributed by atoms with E-state index in [1.807, 2.05) is 13.8 Å². The molecule has 21 heavy (non-hydrogen) atoms. The standard InChI is InChI=1S/C13H18Cl2N2O3S/c1-7(2)4-5-11(18)17-13-9(14)6-10(21(16,19)20)8(3)12(13)15/h6-7H,4-5H2,1-3H3,(H,17,18)(H2,16,19,20). The average Bonchev–Trinajstić information content (AvgIpc) is 2.35. The molecule has 0 fully saturated rings. The van der Waals surface area contributed by atoms with E-state index in [0.29, 0.717) is 12.3 Å². The van der Waals surface area contributed by atoms with Gasteiger partial charge in [0, 0.05) is 6.42 Å². The van der Waals surface area contributed by atoms with Crippen LogP contribution < -0.4 is 10.5 Å². The molecular weight excluding hydrogens is 335 g/mol. The summed E-state index contributed by atoms with van der Waals surface area (Å²) in [5.41, 5.74) is 0.458. The van der Waals surface area contributed by atoms with E-state index >= 15 is 0 Å². The summed E-state index contributed by atoms with van der Waals surface area (Å²) in [6, 6.07) is 1.19. The van der Waals surface area contributed by atoms with E-state index in [2.05, 4.69) is 5.32 Å². The first kappa shape index (κ1) is 18.2. The molecule has 0 aliphatic carbocycles. The van der Waals surface area contributed by atoms with Gasteiger partial charge < -0.3 is 5.32 Å². The Morgan fingerprint density at radius 2 is 1.95 bits per heavy atom. The van der Waals surface area contributed by atoms with Gasteiger partial charge in [-0.05, 0) is 30.9 Å². The van der Waals surface area contributed by atoms with Crippen molar-refractivity contribution < 1.29 is 13.2 Å². The third kappa shape index (κ3) is 4.85.